The number of hydrazone groups is 2. The van der Waals surface area contributed by atoms with Crippen LogP contribution in [-0.4, -0.2) is 32.6 Å². The number of methoxy groups -OCH3 is 2. The number of hydrogen-bond donors (Lipinski definition) is 2. The maximum absolute atomic E-state index is 12.2. The van der Waals surface area contributed by atoms with Crippen LogP contribution >= 0.6 is 0 Å². The SMILES string of the molecule is COc1cccc(C=NNC(=O)c2ccc(NN=Cc3cccc(OC)c3)cc2)c1. The van der Waals surface area contributed by atoms with Crippen LogP contribution in [0.1, 0.15) is 21.5 Å². The summed E-state index contributed by atoms with van der Waals surface area (Å²) in [5.41, 5.74) is 8.41. The van der Waals surface area contributed by atoms with E-state index in [1.807, 2.05) is 48.5 Å². The van der Waals surface area contributed by atoms with Crippen molar-refractivity contribution in [3.05, 3.63) is 89.5 Å². The standard InChI is InChI=1S/C23H22N4O3/c1-29-21-7-3-5-17(13-21)15-24-26-20-11-9-19(10-12-20)23(28)27-25-16-18-6-4-8-22(14-18)30-2/h3-16,26H,1-2H3,(H,27,28). The average Bonchev–Trinajstić information content (AvgIpc) is 2.80. The second-order valence-electron chi connectivity index (χ2n) is 6.20. The quantitative estimate of drug-likeness (QED) is 0.442. The fourth-order valence-corrected chi connectivity index (χ4v) is 2.55. The molecule has 0 radical (unpaired) electrons. The molecule has 0 bridgehead atoms. The van der Waals surface area contributed by atoms with Gasteiger partial charge >= 0.3 is 0 Å². The van der Waals surface area contributed by atoms with Gasteiger partial charge in [0, 0.05) is 5.56 Å². The van der Waals surface area contributed by atoms with Gasteiger partial charge in [-0.15, -0.1) is 0 Å². The molecule has 7 heteroatoms. The summed E-state index contributed by atoms with van der Waals surface area (Å²) >= 11 is 0. The summed E-state index contributed by atoms with van der Waals surface area (Å²) in [6.07, 6.45) is 3.25. The van der Waals surface area contributed by atoms with E-state index in [9.17, 15) is 4.79 Å². The van der Waals surface area contributed by atoms with E-state index in [2.05, 4.69) is 21.1 Å². The highest BCUT2D eigenvalue weighted by atomic mass is 16.5. The highest BCUT2D eigenvalue weighted by molar-refractivity contribution is 5.95. The van der Waals surface area contributed by atoms with Crippen LogP contribution in [0, 0.1) is 0 Å². The Morgan fingerprint density at radius 1 is 0.800 bits per heavy atom. The van der Waals surface area contributed by atoms with Gasteiger partial charge < -0.3 is 9.47 Å². The second-order valence-corrected chi connectivity index (χ2v) is 6.20. The Morgan fingerprint density at radius 3 is 1.93 bits per heavy atom. The van der Waals surface area contributed by atoms with E-state index in [4.69, 9.17) is 9.47 Å². The predicted molar refractivity (Wildman–Crippen MR) is 119 cm³/mol. The molecule has 0 aromatic heterocycles. The number of nitrogens with zero attached hydrogens (tertiary/aromatic N) is 2. The molecule has 0 atom stereocenters. The molecule has 1 amide bonds. The molecule has 0 saturated heterocycles. The maximum Gasteiger partial charge on any atom is 0.271 e. The summed E-state index contributed by atoms with van der Waals surface area (Å²) in [5, 5.41) is 8.18. The van der Waals surface area contributed by atoms with Crippen LogP contribution in [0.2, 0.25) is 0 Å². The van der Waals surface area contributed by atoms with E-state index in [1.54, 1.807) is 50.9 Å². The normalized spacial score (nSPS) is 10.9. The van der Waals surface area contributed by atoms with Gasteiger partial charge in [0.05, 0.1) is 32.3 Å². The Morgan fingerprint density at radius 2 is 1.37 bits per heavy atom. The third kappa shape index (κ3) is 5.93. The summed E-state index contributed by atoms with van der Waals surface area (Å²) in [6, 6.07) is 21.9. The van der Waals surface area contributed by atoms with Crippen LogP contribution in [-0.2, 0) is 0 Å². The van der Waals surface area contributed by atoms with E-state index in [0.29, 0.717) is 5.56 Å². The maximum atomic E-state index is 12.2. The number of hydrogen-bond acceptors (Lipinski definition) is 6. The summed E-state index contributed by atoms with van der Waals surface area (Å²) < 4.78 is 10.3. The Bertz CT molecular complexity index is 1050. The molecule has 0 aliphatic carbocycles. The molecule has 3 aromatic rings. The van der Waals surface area contributed by atoms with Gasteiger partial charge in [-0.05, 0) is 59.7 Å². The Kier molecular flexibility index (Phi) is 7.16. The van der Waals surface area contributed by atoms with E-state index >= 15 is 0 Å². The zero-order valence-electron chi connectivity index (χ0n) is 16.7. The molecule has 0 unspecified atom stereocenters. The molecule has 2 N–H and O–H groups in total. The summed E-state index contributed by atoms with van der Waals surface area (Å²) in [7, 11) is 3.22. The van der Waals surface area contributed by atoms with E-state index in [-0.39, 0.29) is 5.91 Å². The van der Waals surface area contributed by atoms with Crippen molar-refractivity contribution in [2.24, 2.45) is 10.2 Å². The Labute approximate surface area is 175 Å². The molecule has 0 heterocycles. The third-order valence-electron chi connectivity index (χ3n) is 4.12. The minimum Gasteiger partial charge on any atom is -0.497 e. The molecule has 30 heavy (non-hydrogen) atoms. The average molecular weight is 402 g/mol. The summed E-state index contributed by atoms with van der Waals surface area (Å²) in [6.45, 7) is 0. The van der Waals surface area contributed by atoms with Gasteiger partial charge in [-0.3, -0.25) is 10.2 Å². The monoisotopic (exact) mass is 402 g/mol. The molecule has 0 fully saturated rings. The summed E-state index contributed by atoms with van der Waals surface area (Å²) in [4.78, 5) is 12.2. The zero-order chi connectivity index (χ0) is 21.2. The molecule has 152 valence electrons. The zero-order valence-corrected chi connectivity index (χ0v) is 16.7. The van der Waals surface area contributed by atoms with E-state index < -0.39 is 0 Å². The molecular weight excluding hydrogens is 380 g/mol. The smallest absolute Gasteiger partial charge is 0.271 e. The Balaban J connectivity index is 1.53. The van der Waals surface area contributed by atoms with Gasteiger partial charge in [0.2, 0.25) is 0 Å². The lowest BCUT2D eigenvalue weighted by Crippen LogP contribution is -2.17. The number of carbonyl (C=O) groups excluding carboxylic acids is 1. The van der Waals surface area contributed by atoms with Crippen LogP contribution in [0.4, 0.5) is 5.69 Å². The first-order valence-electron chi connectivity index (χ1n) is 9.18. The van der Waals surface area contributed by atoms with Gasteiger partial charge in [-0.25, -0.2) is 5.43 Å². The molecule has 0 spiro atoms. The number of rotatable bonds is 8. The molecule has 7 nitrogen and oxygen atoms in total. The number of nitrogens with one attached hydrogen (secondary N) is 2. The molecule has 0 aliphatic heterocycles. The van der Waals surface area contributed by atoms with Crippen LogP contribution in [0.5, 0.6) is 11.5 Å². The highest BCUT2D eigenvalue weighted by Gasteiger charge is 2.03. The van der Waals surface area contributed by atoms with Crippen molar-refractivity contribution in [3.8, 4) is 11.5 Å². The minimum absolute atomic E-state index is 0.305. The topological polar surface area (TPSA) is 84.3 Å². The predicted octanol–water partition coefficient (Wildman–Crippen LogP) is 3.91. The Hall–Kier alpha value is -4.13. The molecule has 0 saturated carbocycles. The first-order chi connectivity index (χ1) is 14.7. The lowest BCUT2D eigenvalue weighted by molar-refractivity contribution is 0.0955. The van der Waals surface area contributed by atoms with Crippen molar-refractivity contribution in [2.75, 3.05) is 19.6 Å². The fraction of sp³-hybridized carbons (Fsp3) is 0.0870. The molecule has 0 aliphatic rings. The van der Waals surface area contributed by atoms with Gasteiger partial charge in [0.1, 0.15) is 11.5 Å². The van der Waals surface area contributed by atoms with Gasteiger partial charge in [0.25, 0.3) is 5.91 Å². The van der Waals surface area contributed by atoms with Crippen molar-refractivity contribution in [1.82, 2.24) is 5.43 Å². The lowest BCUT2D eigenvalue weighted by atomic mass is 10.2. The molecule has 3 rings (SSSR count). The second kappa shape index (κ2) is 10.4. The number of benzene rings is 3. The van der Waals surface area contributed by atoms with E-state index in [0.717, 1.165) is 28.3 Å². The van der Waals surface area contributed by atoms with Crippen molar-refractivity contribution in [2.45, 2.75) is 0 Å². The van der Waals surface area contributed by atoms with Crippen molar-refractivity contribution >= 4 is 24.0 Å². The van der Waals surface area contributed by atoms with Crippen molar-refractivity contribution in [3.63, 3.8) is 0 Å². The number of ether oxygens (including phenoxy) is 2. The largest absolute Gasteiger partial charge is 0.497 e. The fourth-order valence-electron chi connectivity index (χ4n) is 2.55. The minimum atomic E-state index is -0.305. The number of anilines is 1. The lowest BCUT2D eigenvalue weighted by Gasteiger charge is -2.04. The highest BCUT2D eigenvalue weighted by Crippen LogP contribution is 2.13. The first kappa shape index (κ1) is 20.6. The number of carbonyl (C=O) groups is 1. The van der Waals surface area contributed by atoms with Crippen molar-refractivity contribution in [1.29, 1.82) is 0 Å². The first-order valence-corrected chi connectivity index (χ1v) is 9.18. The van der Waals surface area contributed by atoms with Crippen LogP contribution in [0.3, 0.4) is 0 Å². The van der Waals surface area contributed by atoms with Gasteiger partial charge in [0.15, 0.2) is 0 Å². The van der Waals surface area contributed by atoms with Crippen LogP contribution in [0.25, 0.3) is 0 Å². The van der Waals surface area contributed by atoms with Gasteiger partial charge in [-0.1, -0.05) is 24.3 Å². The van der Waals surface area contributed by atoms with Crippen LogP contribution in [0.15, 0.2) is 83.0 Å². The molecule has 3 aromatic carbocycles. The molecular formula is C23H22N4O3. The van der Waals surface area contributed by atoms with Crippen LogP contribution < -0.4 is 20.3 Å². The van der Waals surface area contributed by atoms with Crippen molar-refractivity contribution < 1.29 is 14.3 Å². The van der Waals surface area contributed by atoms with E-state index in [1.165, 1.54) is 0 Å². The van der Waals surface area contributed by atoms with Gasteiger partial charge in [-0.2, -0.15) is 10.2 Å². The third-order valence-corrected chi connectivity index (χ3v) is 4.12. The number of amides is 1. The summed E-state index contributed by atoms with van der Waals surface area (Å²) in [5.74, 6) is 1.19.